The smallest absolute Gasteiger partial charge is 0.390 e. The number of hydrogen-bond donors (Lipinski definition) is 1. The Kier molecular flexibility index (Phi) is 4.62. The van der Waals surface area contributed by atoms with Crippen molar-refractivity contribution in [1.29, 1.82) is 0 Å². The standard InChI is InChI=1S/C11H19F3O2/c1-3-8-4-5-9(15)10(6-8)16-7(2)11(12,13)14/h7-10,15H,3-6H2,1-2H3. The maximum absolute atomic E-state index is 12.3. The van der Waals surface area contributed by atoms with Crippen molar-refractivity contribution in [3.8, 4) is 0 Å². The van der Waals surface area contributed by atoms with Crippen molar-refractivity contribution in [3.05, 3.63) is 0 Å². The minimum atomic E-state index is -4.35. The van der Waals surface area contributed by atoms with E-state index in [0.29, 0.717) is 18.8 Å². The van der Waals surface area contributed by atoms with Crippen LogP contribution in [0.5, 0.6) is 0 Å². The van der Waals surface area contributed by atoms with Crippen LogP contribution in [0.3, 0.4) is 0 Å². The van der Waals surface area contributed by atoms with Gasteiger partial charge in [0.1, 0.15) is 0 Å². The Labute approximate surface area is 93.8 Å². The molecule has 0 radical (unpaired) electrons. The van der Waals surface area contributed by atoms with E-state index in [1.165, 1.54) is 0 Å². The second kappa shape index (κ2) is 5.36. The van der Waals surface area contributed by atoms with Crippen LogP contribution in [-0.4, -0.2) is 29.6 Å². The van der Waals surface area contributed by atoms with E-state index in [2.05, 4.69) is 0 Å². The third-order valence-electron chi connectivity index (χ3n) is 3.28. The molecule has 4 unspecified atom stereocenters. The van der Waals surface area contributed by atoms with Gasteiger partial charge < -0.3 is 9.84 Å². The largest absolute Gasteiger partial charge is 0.414 e. The van der Waals surface area contributed by atoms with E-state index >= 15 is 0 Å². The first-order chi connectivity index (χ1) is 7.34. The highest BCUT2D eigenvalue weighted by Crippen LogP contribution is 2.32. The summed E-state index contributed by atoms with van der Waals surface area (Å²) in [6, 6.07) is 0. The summed E-state index contributed by atoms with van der Waals surface area (Å²) in [5.74, 6) is 0.369. The summed E-state index contributed by atoms with van der Waals surface area (Å²) in [4.78, 5) is 0. The molecule has 0 aliphatic heterocycles. The van der Waals surface area contributed by atoms with Gasteiger partial charge in [-0.05, 0) is 32.1 Å². The fraction of sp³-hybridized carbons (Fsp3) is 1.00. The zero-order valence-corrected chi connectivity index (χ0v) is 9.63. The van der Waals surface area contributed by atoms with E-state index in [9.17, 15) is 18.3 Å². The molecule has 1 aliphatic carbocycles. The lowest BCUT2D eigenvalue weighted by molar-refractivity contribution is -0.240. The van der Waals surface area contributed by atoms with Crippen molar-refractivity contribution in [2.45, 2.75) is 64.0 Å². The van der Waals surface area contributed by atoms with Crippen molar-refractivity contribution in [2.75, 3.05) is 0 Å². The van der Waals surface area contributed by atoms with E-state index in [1.807, 2.05) is 6.92 Å². The molecule has 0 heterocycles. The number of rotatable bonds is 3. The molecular weight excluding hydrogens is 221 g/mol. The summed E-state index contributed by atoms with van der Waals surface area (Å²) in [7, 11) is 0. The molecule has 2 nitrogen and oxygen atoms in total. The molecule has 1 rings (SSSR count). The van der Waals surface area contributed by atoms with Crippen LogP contribution in [-0.2, 0) is 4.74 Å². The molecule has 96 valence electrons. The summed E-state index contributed by atoms with van der Waals surface area (Å²) in [6.45, 7) is 2.99. The molecule has 0 saturated heterocycles. The van der Waals surface area contributed by atoms with Gasteiger partial charge in [0.05, 0.1) is 12.2 Å². The second-order valence-electron chi connectivity index (χ2n) is 4.51. The summed E-state index contributed by atoms with van der Waals surface area (Å²) in [6.07, 6.45) is -4.72. The van der Waals surface area contributed by atoms with E-state index in [-0.39, 0.29) is 0 Å². The Morgan fingerprint density at radius 2 is 2.00 bits per heavy atom. The maximum atomic E-state index is 12.3. The molecule has 0 aromatic heterocycles. The van der Waals surface area contributed by atoms with Gasteiger partial charge in [-0.1, -0.05) is 13.3 Å². The van der Waals surface area contributed by atoms with Gasteiger partial charge in [-0.3, -0.25) is 0 Å². The average Bonchev–Trinajstić information content (AvgIpc) is 2.19. The second-order valence-corrected chi connectivity index (χ2v) is 4.51. The van der Waals surface area contributed by atoms with Gasteiger partial charge in [-0.15, -0.1) is 0 Å². The highest BCUT2D eigenvalue weighted by molar-refractivity contribution is 4.81. The lowest BCUT2D eigenvalue weighted by atomic mass is 9.84. The molecule has 0 aromatic carbocycles. The fourth-order valence-corrected chi connectivity index (χ4v) is 2.05. The van der Waals surface area contributed by atoms with Crippen LogP contribution in [0.2, 0.25) is 0 Å². The topological polar surface area (TPSA) is 29.5 Å². The molecule has 4 atom stereocenters. The number of halogens is 3. The van der Waals surface area contributed by atoms with Crippen molar-refractivity contribution < 1.29 is 23.0 Å². The first-order valence-electron chi connectivity index (χ1n) is 5.74. The van der Waals surface area contributed by atoms with Crippen LogP contribution in [0.15, 0.2) is 0 Å². The van der Waals surface area contributed by atoms with Gasteiger partial charge in [0.25, 0.3) is 0 Å². The van der Waals surface area contributed by atoms with Crippen molar-refractivity contribution >= 4 is 0 Å². The van der Waals surface area contributed by atoms with Gasteiger partial charge >= 0.3 is 6.18 Å². The zero-order valence-electron chi connectivity index (χ0n) is 9.63. The summed E-state index contributed by atoms with van der Waals surface area (Å²) < 4.78 is 41.8. The highest BCUT2D eigenvalue weighted by Gasteiger charge is 2.40. The van der Waals surface area contributed by atoms with Crippen LogP contribution in [0.1, 0.15) is 39.5 Å². The Hall–Kier alpha value is -0.290. The predicted molar refractivity (Wildman–Crippen MR) is 54.0 cm³/mol. The van der Waals surface area contributed by atoms with Crippen LogP contribution >= 0.6 is 0 Å². The number of alkyl halides is 3. The van der Waals surface area contributed by atoms with Crippen LogP contribution in [0.25, 0.3) is 0 Å². The minimum absolute atomic E-state index is 0.369. The van der Waals surface area contributed by atoms with E-state index in [1.54, 1.807) is 0 Å². The van der Waals surface area contributed by atoms with Crippen molar-refractivity contribution in [1.82, 2.24) is 0 Å². The predicted octanol–water partition coefficient (Wildman–Crippen LogP) is 2.89. The monoisotopic (exact) mass is 240 g/mol. The van der Waals surface area contributed by atoms with Crippen molar-refractivity contribution in [3.63, 3.8) is 0 Å². The lowest BCUT2D eigenvalue weighted by Crippen LogP contribution is -2.41. The van der Waals surface area contributed by atoms with Crippen LogP contribution in [0, 0.1) is 5.92 Å². The molecule has 1 fully saturated rings. The normalized spacial score (nSPS) is 33.8. The lowest BCUT2D eigenvalue weighted by Gasteiger charge is -2.34. The van der Waals surface area contributed by atoms with Crippen LogP contribution in [0.4, 0.5) is 13.2 Å². The van der Waals surface area contributed by atoms with Crippen molar-refractivity contribution in [2.24, 2.45) is 5.92 Å². The Morgan fingerprint density at radius 1 is 1.38 bits per heavy atom. The van der Waals surface area contributed by atoms with E-state index in [0.717, 1.165) is 19.8 Å². The van der Waals surface area contributed by atoms with Gasteiger partial charge in [0.2, 0.25) is 0 Å². The third-order valence-corrected chi connectivity index (χ3v) is 3.28. The quantitative estimate of drug-likeness (QED) is 0.822. The van der Waals surface area contributed by atoms with Gasteiger partial charge in [0.15, 0.2) is 6.10 Å². The third kappa shape index (κ3) is 3.63. The summed E-state index contributed by atoms with van der Waals surface area (Å²) in [5.41, 5.74) is 0. The summed E-state index contributed by atoms with van der Waals surface area (Å²) >= 11 is 0. The SMILES string of the molecule is CCC1CCC(O)C(OC(C)C(F)(F)F)C1. The Bertz CT molecular complexity index is 218. The molecule has 0 aromatic rings. The number of ether oxygens (including phenoxy) is 1. The maximum Gasteiger partial charge on any atom is 0.414 e. The zero-order chi connectivity index (χ0) is 12.3. The number of aliphatic hydroxyl groups is 1. The van der Waals surface area contributed by atoms with Crippen LogP contribution < -0.4 is 0 Å². The molecule has 1 N–H and O–H groups in total. The molecule has 5 heteroatoms. The highest BCUT2D eigenvalue weighted by atomic mass is 19.4. The number of aliphatic hydroxyl groups excluding tert-OH is 1. The summed E-state index contributed by atoms with van der Waals surface area (Å²) in [5, 5.41) is 9.60. The first kappa shape index (κ1) is 13.8. The van der Waals surface area contributed by atoms with Gasteiger partial charge in [-0.2, -0.15) is 13.2 Å². The Morgan fingerprint density at radius 3 is 2.50 bits per heavy atom. The molecule has 1 saturated carbocycles. The fourth-order valence-electron chi connectivity index (χ4n) is 2.05. The molecule has 0 bridgehead atoms. The average molecular weight is 240 g/mol. The van der Waals surface area contributed by atoms with Gasteiger partial charge in [0, 0.05) is 0 Å². The molecule has 0 spiro atoms. The molecule has 16 heavy (non-hydrogen) atoms. The molecule has 1 aliphatic rings. The number of hydrogen-bond acceptors (Lipinski definition) is 2. The Balaban J connectivity index is 2.51. The van der Waals surface area contributed by atoms with E-state index in [4.69, 9.17) is 4.74 Å². The molecule has 0 amide bonds. The van der Waals surface area contributed by atoms with E-state index < -0.39 is 24.5 Å². The first-order valence-corrected chi connectivity index (χ1v) is 5.74. The van der Waals surface area contributed by atoms with Gasteiger partial charge in [-0.25, -0.2) is 0 Å². The molecular formula is C11H19F3O2. The minimum Gasteiger partial charge on any atom is -0.390 e.